The molecule has 3 rings (SSSR count). The zero-order valence-electron chi connectivity index (χ0n) is 11.3. The van der Waals surface area contributed by atoms with Crippen molar-refractivity contribution >= 4 is 28.1 Å². The quantitative estimate of drug-likeness (QED) is 0.881. The molecule has 0 aliphatic heterocycles. The second-order valence-corrected chi connectivity index (χ2v) is 5.77. The highest BCUT2D eigenvalue weighted by Crippen LogP contribution is 2.40. The summed E-state index contributed by atoms with van der Waals surface area (Å²) in [6.07, 6.45) is 2.45. The molecule has 0 unspecified atom stereocenters. The molecule has 2 N–H and O–H groups in total. The fourth-order valence-electron chi connectivity index (χ4n) is 2.02. The van der Waals surface area contributed by atoms with Crippen molar-refractivity contribution < 1.29 is 4.79 Å². The van der Waals surface area contributed by atoms with Crippen LogP contribution in [0.15, 0.2) is 29.6 Å². The molecule has 1 heterocycles. The number of carbonyl (C=O) groups excluding carboxylic acids is 1. The molecule has 2 aromatic rings. The average molecular weight is 287 g/mol. The lowest BCUT2D eigenvalue weighted by Gasteiger charge is -2.05. The van der Waals surface area contributed by atoms with E-state index in [1.54, 1.807) is 0 Å². The van der Waals surface area contributed by atoms with Gasteiger partial charge in [-0.05, 0) is 44.0 Å². The van der Waals surface area contributed by atoms with Gasteiger partial charge in [-0.15, -0.1) is 11.3 Å². The van der Waals surface area contributed by atoms with E-state index < -0.39 is 0 Å². The Morgan fingerprint density at radius 3 is 2.75 bits per heavy atom. The largest absolute Gasteiger partial charge is 0.385 e. The highest BCUT2D eigenvalue weighted by Gasteiger charge is 2.26. The lowest BCUT2D eigenvalue weighted by molar-refractivity contribution is 0.102. The summed E-state index contributed by atoms with van der Waals surface area (Å²) in [5.41, 5.74) is 2.79. The summed E-state index contributed by atoms with van der Waals surface area (Å²) in [5.74, 6) is 0.515. The van der Waals surface area contributed by atoms with Gasteiger partial charge in [0.15, 0.2) is 5.13 Å². The molecule has 0 saturated heterocycles. The van der Waals surface area contributed by atoms with Crippen molar-refractivity contribution in [3.05, 3.63) is 40.9 Å². The standard InChI is InChI=1S/C15H17N3OS/c1-2-16-12-7-5-11(6-8-12)14(19)18-15-17-13(9-20-15)10-3-4-10/h5-10,16H,2-4H2,1H3,(H,17,18,19). The zero-order valence-corrected chi connectivity index (χ0v) is 12.2. The van der Waals surface area contributed by atoms with Gasteiger partial charge in [0.05, 0.1) is 5.69 Å². The van der Waals surface area contributed by atoms with E-state index in [0.29, 0.717) is 16.6 Å². The Hall–Kier alpha value is -1.88. The number of anilines is 2. The van der Waals surface area contributed by atoms with E-state index >= 15 is 0 Å². The number of thiazole rings is 1. The van der Waals surface area contributed by atoms with Crippen LogP contribution in [0.3, 0.4) is 0 Å². The van der Waals surface area contributed by atoms with E-state index in [9.17, 15) is 4.79 Å². The van der Waals surface area contributed by atoms with Gasteiger partial charge in [0.25, 0.3) is 5.91 Å². The van der Waals surface area contributed by atoms with Crippen LogP contribution in [0.5, 0.6) is 0 Å². The minimum Gasteiger partial charge on any atom is -0.385 e. The molecule has 1 amide bonds. The van der Waals surface area contributed by atoms with Gasteiger partial charge in [-0.25, -0.2) is 4.98 Å². The fraction of sp³-hybridized carbons (Fsp3) is 0.333. The molecule has 5 heteroatoms. The topological polar surface area (TPSA) is 54.0 Å². The van der Waals surface area contributed by atoms with Crippen LogP contribution in [0.4, 0.5) is 10.8 Å². The Kier molecular flexibility index (Phi) is 3.69. The van der Waals surface area contributed by atoms with Crippen molar-refractivity contribution in [3.63, 3.8) is 0 Å². The zero-order chi connectivity index (χ0) is 13.9. The average Bonchev–Trinajstić information content (AvgIpc) is 3.21. The summed E-state index contributed by atoms with van der Waals surface area (Å²) in [5, 5.41) is 8.80. The van der Waals surface area contributed by atoms with Crippen LogP contribution < -0.4 is 10.6 Å². The number of amides is 1. The minimum absolute atomic E-state index is 0.107. The van der Waals surface area contributed by atoms with Crippen molar-refractivity contribution in [2.75, 3.05) is 17.2 Å². The Bertz CT molecular complexity index is 602. The summed E-state index contributed by atoms with van der Waals surface area (Å²) in [4.78, 5) is 16.6. The summed E-state index contributed by atoms with van der Waals surface area (Å²) < 4.78 is 0. The molecule has 0 radical (unpaired) electrons. The summed E-state index contributed by atoms with van der Waals surface area (Å²) in [6.45, 7) is 2.91. The molecule has 1 fully saturated rings. The van der Waals surface area contributed by atoms with Crippen molar-refractivity contribution in [1.82, 2.24) is 4.98 Å². The molecular formula is C15H17N3OS. The van der Waals surface area contributed by atoms with Crippen molar-refractivity contribution in [3.8, 4) is 0 Å². The molecule has 1 aromatic carbocycles. The van der Waals surface area contributed by atoms with Gasteiger partial charge in [-0.3, -0.25) is 10.1 Å². The molecule has 1 aliphatic carbocycles. The monoisotopic (exact) mass is 287 g/mol. The molecule has 104 valence electrons. The smallest absolute Gasteiger partial charge is 0.257 e. The second-order valence-electron chi connectivity index (χ2n) is 4.91. The molecule has 1 aromatic heterocycles. The van der Waals surface area contributed by atoms with Gasteiger partial charge in [-0.1, -0.05) is 0 Å². The first kappa shape index (κ1) is 13.1. The van der Waals surface area contributed by atoms with E-state index in [1.807, 2.05) is 36.6 Å². The molecule has 1 aliphatic rings. The first-order valence-electron chi connectivity index (χ1n) is 6.87. The van der Waals surface area contributed by atoms with E-state index in [2.05, 4.69) is 15.6 Å². The van der Waals surface area contributed by atoms with E-state index in [4.69, 9.17) is 0 Å². The first-order chi connectivity index (χ1) is 9.76. The number of rotatable bonds is 5. The Morgan fingerprint density at radius 2 is 2.10 bits per heavy atom. The van der Waals surface area contributed by atoms with Crippen LogP contribution in [0.1, 0.15) is 41.7 Å². The van der Waals surface area contributed by atoms with Gasteiger partial charge >= 0.3 is 0 Å². The van der Waals surface area contributed by atoms with Gasteiger partial charge in [0, 0.05) is 29.1 Å². The minimum atomic E-state index is -0.107. The molecule has 0 spiro atoms. The fourth-order valence-corrected chi connectivity index (χ4v) is 2.81. The number of aromatic nitrogens is 1. The van der Waals surface area contributed by atoms with E-state index in [0.717, 1.165) is 17.9 Å². The van der Waals surface area contributed by atoms with Crippen molar-refractivity contribution in [2.24, 2.45) is 0 Å². The number of benzene rings is 1. The third-order valence-electron chi connectivity index (χ3n) is 3.27. The maximum atomic E-state index is 12.1. The predicted molar refractivity (Wildman–Crippen MR) is 82.6 cm³/mol. The van der Waals surface area contributed by atoms with Crippen LogP contribution in [0, 0.1) is 0 Å². The van der Waals surface area contributed by atoms with Crippen LogP contribution in [-0.4, -0.2) is 17.4 Å². The lowest BCUT2D eigenvalue weighted by atomic mass is 10.2. The van der Waals surface area contributed by atoms with Crippen LogP contribution in [0.2, 0.25) is 0 Å². The molecular weight excluding hydrogens is 270 g/mol. The second kappa shape index (κ2) is 5.63. The van der Waals surface area contributed by atoms with Gasteiger partial charge < -0.3 is 5.32 Å². The maximum Gasteiger partial charge on any atom is 0.257 e. The highest BCUT2D eigenvalue weighted by atomic mass is 32.1. The first-order valence-corrected chi connectivity index (χ1v) is 7.75. The van der Waals surface area contributed by atoms with Gasteiger partial charge in [0.1, 0.15) is 0 Å². The van der Waals surface area contributed by atoms with Gasteiger partial charge in [-0.2, -0.15) is 0 Å². The summed E-state index contributed by atoms with van der Waals surface area (Å²) in [6, 6.07) is 7.47. The lowest BCUT2D eigenvalue weighted by Crippen LogP contribution is -2.11. The molecule has 4 nitrogen and oxygen atoms in total. The van der Waals surface area contributed by atoms with Crippen LogP contribution in [-0.2, 0) is 0 Å². The SMILES string of the molecule is CCNc1ccc(C(=O)Nc2nc(C3CC3)cs2)cc1. The number of nitrogens with one attached hydrogen (secondary N) is 2. The van der Waals surface area contributed by atoms with Crippen LogP contribution >= 0.6 is 11.3 Å². The molecule has 20 heavy (non-hydrogen) atoms. The molecule has 0 atom stereocenters. The van der Waals surface area contributed by atoms with E-state index in [-0.39, 0.29) is 5.91 Å². The molecule has 1 saturated carbocycles. The third-order valence-corrected chi connectivity index (χ3v) is 4.04. The van der Waals surface area contributed by atoms with Crippen molar-refractivity contribution in [2.45, 2.75) is 25.7 Å². The Morgan fingerprint density at radius 1 is 1.35 bits per heavy atom. The number of hydrogen-bond acceptors (Lipinski definition) is 4. The van der Waals surface area contributed by atoms with E-state index in [1.165, 1.54) is 24.2 Å². The van der Waals surface area contributed by atoms with Crippen LogP contribution in [0.25, 0.3) is 0 Å². The Labute approximate surface area is 122 Å². The molecule has 0 bridgehead atoms. The number of carbonyl (C=O) groups is 1. The summed E-state index contributed by atoms with van der Waals surface area (Å²) >= 11 is 1.50. The Balaban J connectivity index is 1.65. The number of hydrogen-bond donors (Lipinski definition) is 2. The third kappa shape index (κ3) is 2.99. The maximum absolute atomic E-state index is 12.1. The number of nitrogens with zero attached hydrogens (tertiary/aromatic N) is 1. The normalized spacial score (nSPS) is 14.1. The van der Waals surface area contributed by atoms with Gasteiger partial charge in [0.2, 0.25) is 0 Å². The summed E-state index contributed by atoms with van der Waals surface area (Å²) in [7, 11) is 0. The van der Waals surface area contributed by atoms with Crippen molar-refractivity contribution in [1.29, 1.82) is 0 Å². The highest BCUT2D eigenvalue weighted by molar-refractivity contribution is 7.14. The predicted octanol–water partition coefficient (Wildman–Crippen LogP) is 3.70.